The van der Waals surface area contributed by atoms with E-state index in [1.807, 2.05) is 42.5 Å². The third-order valence-corrected chi connectivity index (χ3v) is 3.96. The zero-order valence-electron chi connectivity index (χ0n) is 13.1. The Hall–Kier alpha value is -2.82. The highest BCUT2D eigenvalue weighted by Gasteiger charge is 2.23. The van der Waals surface area contributed by atoms with Gasteiger partial charge in [-0.3, -0.25) is 9.59 Å². The van der Waals surface area contributed by atoms with E-state index in [4.69, 9.17) is 4.74 Å². The highest BCUT2D eigenvalue weighted by molar-refractivity contribution is 6.02. The van der Waals surface area contributed by atoms with Crippen LogP contribution in [0, 0.1) is 0 Å². The average molecular weight is 310 g/mol. The molecule has 1 heterocycles. The van der Waals surface area contributed by atoms with Gasteiger partial charge in [-0.15, -0.1) is 0 Å². The van der Waals surface area contributed by atoms with Crippen molar-refractivity contribution in [1.82, 2.24) is 0 Å². The maximum Gasteiger partial charge on any atom is 0.231 e. The molecule has 0 aromatic heterocycles. The zero-order valence-corrected chi connectivity index (χ0v) is 13.1. The van der Waals surface area contributed by atoms with Crippen molar-refractivity contribution in [2.24, 2.45) is 0 Å². The molecule has 0 aliphatic carbocycles. The molecular formula is C18H18N2O3. The van der Waals surface area contributed by atoms with Gasteiger partial charge in [-0.05, 0) is 41.5 Å². The average Bonchev–Trinajstić information content (AvgIpc) is 2.82. The van der Waals surface area contributed by atoms with E-state index in [-0.39, 0.29) is 11.8 Å². The van der Waals surface area contributed by atoms with E-state index in [1.54, 1.807) is 19.1 Å². The fourth-order valence-electron chi connectivity index (χ4n) is 2.68. The Balaban J connectivity index is 1.66. The number of likely N-dealkylation sites (N-methyl/N-ethyl adjacent to an activating group) is 1. The van der Waals surface area contributed by atoms with Gasteiger partial charge in [0.2, 0.25) is 11.8 Å². The molecule has 0 unspecified atom stereocenters. The summed E-state index contributed by atoms with van der Waals surface area (Å²) in [6.07, 6.45) is 0.675. The lowest BCUT2D eigenvalue weighted by molar-refractivity contribution is -0.117. The summed E-state index contributed by atoms with van der Waals surface area (Å²) >= 11 is 0. The predicted molar refractivity (Wildman–Crippen MR) is 88.9 cm³/mol. The van der Waals surface area contributed by atoms with Crippen molar-refractivity contribution in [1.29, 1.82) is 0 Å². The van der Waals surface area contributed by atoms with Crippen LogP contribution in [-0.4, -0.2) is 26.0 Å². The van der Waals surface area contributed by atoms with Crippen molar-refractivity contribution < 1.29 is 14.3 Å². The number of carbonyl (C=O) groups is 2. The van der Waals surface area contributed by atoms with Crippen LogP contribution in [0.25, 0.3) is 0 Å². The van der Waals surface area contributed by atoms with Crippen LogP contribution in [0.5, 0.6) is 5.75 Å². The predicted octanol–water partition coefficient (Wildman–Crippen LogP) is 2.40. The molecule has 2 aromatic rings. The second kappa shape index (κ2) is 6.12. The lowest BCUT2D eigenvalue weighted by atomic mass is 10.1. The summed E-state index contributed by atoms with van der Waals surface area (Å²) < 4.78 is 5.10. The number of benzene rings is 2. The van der Waals surface area contributed by atoms with Crippen molar-refractivity contribution in [2.75, 3.05) is 24.4 Å². The molecule has 118 valence electrons. The van der Waals surface area contributed by atoms with Crippen LogP contribution in [0.4, 0.5) is 11.4 Å². The fourth-order valence-corrected chi connectivity index (χ4v) is 2.68. The molecule has 0 saturated carbocycles. The highest BCUT2D eigenvalue weighted by atomic mass is 16.5. The van der Waals surface area contributed by atoms with Gasteiger partial charge < -0.3 is 15.0 Å². The van der Waals surface area contributed by atoms with Gasteiger partial charge in [0.1, 0.15) is 5.75 Å². The number of carbonyl (C=O) groups excluding carboxylic acids is 2. The SMILES string of the molecule is COc1ccc(CC(=O)Nc2ccc3c(c2)CC(=O)N3C)cc1. The van der Waals surface area contributed by atoms with Gasteiger partial charge >= 0.3 is 0 Å². The van der Waals surface area contributed by atoms with Crippen LogP contribution < -0.4 is 15.0 Å². The van der Waals surface area contributed by atoms with Crippen LogP contribution in [0.2, 0.25) is 0 Å². The summed E-state index contributed by atoms with van der Waals surface area (Å²) in [4.78, 5) is 25.5. The maximum atomic E-state index is 12.1. The number of methoxy groups -OCH3 is 1. The first-order chi connectivity index (χ1) is 11.1. The molecule has 5 heteroatoms. The van der Waals surface area contributed by atoms with Gasteiger partial charge in [0.05, 0.1) is 20.0 Å². The standard InChI is InChI=1S/C18H18N2O3/c1-20-16-8-5-14(10-13(16)11-18(20)22)19-17(21)9-12-3-6-15(23-2)7-4-12/h3-8,10H,9,11H2,1-2H3,(H,19,21). The molecule has 2 aromatic carbocycles. The molecule has 3 rings (SSSR count). The van der Waals surface area contributed by atoms with Gasteiger partial charge in [0.25, 0.3) is 0 Å². The lowest BCUT2D eigenvalue weighted by Crippen LogP contribution is -2.20. The van der Waals surface area contributed by atoms with Crippen LogP contribution in [0.1, 0.15) is 11.1 Å². The van der Waals surface area contributed by atoms with Crippen molar-refractivity contribution in [3.63, 3.8) is 0 Å². The summed E-state index contributed by atoms with van der Waals surface area (Å²) in [6, 6.07) is 13.0. The van der Waals surface area contributed by atoms with Crippen LogP contribution in [-0.2, 0) is 22.4 Å². The molecule has 1 aliphatic rings. The van der Waals surface area contributed by atoms with Crippen molar-refractivity contribution in [2.45, 2.75) is 12.8 Å². The molecule has 0 saturated heterocycles. The Bertz CT molecular complexity index is 753. The zero-order chi connectivity index (χ0) is 16.4. The highest BCUT2D eigenvalue weighted by Crippen LogP contribution is 2.30. The Labute approximate surface area is 134 Å². The van der Waals surface area contributed by atoms with Crippen molar-refractivity contribution in [3.05, 3.63) is 53.6 Å². The summed E-state index contributed by atoms with van der Waals surface area (Å²) in [5.74, 6) is 0.746. The number of hydrogen-bond donors (Lipinski definition) is 1. The minimum absolute atomic E-state index is 0.0710. The molecule has 23 heavy (non-hydrogen) atoms. The quantitative estimate of drug-likeness (QED) is 0.943. The monoisotopic (exact) mass is 310 g/mol. The number of rotatable bonds is 4. The number of hydrogen-bond acceptors (Lipinski definition) is 3. The van der Waals surface area contributed by atoms with Crippen molar-refractivity contribution in [3.8, 4) is 5.75 Å². The second-order valence-electron chi connectivity index (χ2n) is 5.55. The largest absolute Gasteiger partial charge is 0.497 e. The van der Waals surface area contributed by atoms with Gasteiger partial charge in [-0.2, -0.15) is 0 Å². The molecule has 1 aliphatic heterocycles. The molecule has 1 N–H and O–H groups in total. The van der Waals surface area contributed by atoms with Crippen LogP contribution in [0.15, 0.2) is 42.5 Å². The number of nitrogens with one attached hydrogen (secondary N) is 1. The maximum absolute atomic E-state index is 12.1. The molecular weight excluding hydrogens is 292 g/mol. The number of nitrogens with zero attached hydrogens (tertiary/aromatic N) is 1. The minimum atomic E-state index is -0.0900. The third-order valence-electron chi connectivity index (χ3n) is 3.96. The number of ether oxygens (including phenoxy) is 1. The van der Waals surface area contributed by atoms with E-state index in [0.29, 0.717) is 18.5 Å². The molecule has 2 amide bonds. The summed E-state index contributed by atoms with van der Waals surface area (Å²) in [5, 5.41) is 2.88. The van der Waals surface area contributed by atoms with Gasteiger partial charge in [0.15, 0.2) is 0 Å². The van der Waals surface area contributed by atoms with Gasteiger partial charge in [-0.25, -0.2) is 0 Å². The normalized spacial score (nSPS) is 13.0. The van der Waals surface area contributed by atoms with E-state index in [9.17, 15) is 9.59 Å². The second-order valence-corrected chi connectivity index (χ2v) is 5.55. The Morgan fingerprint density at radius 3 is 2.65 bits per heavy atom. The Morgan fingerprint density at radius 2 is 1.96 bits per heavy atom. The molecule has 0 radical (unpaired) electrons. The first kappa shape index (κ1) is 15.1. The van der Waals surface area contributed by atoms with Crippen LogP contribution >= 0.6 is 0 Å². The third kappa shape index (κ3) is 3.18. The lowest BCUT2D eigenvalue weighted by Gasteiger charge is -2.11. The molecule has 0 atom stereocenters. The van der Waals surface area contributed by atoms with Gasteiger partial charge in [-0.1, -0.05) is 12.1 Å². The van der Waals surface area contributed by atoms with E-state index in [1.165, 1.54) is 0 Å². The summed E-state index contributed by atoms with van der Waals surface area (Å²) in [6.45, 7) is 0. The molecule has 0 bridgehead atoms. The van der Waals surface area contributed by atoms with Crippen LogP contribution in [0.3, 0.4) is 0 Å². The topological polar surface area (TPSA) is 58.6 Å². The Kier molecular flexibility index (Phi) is 4.02. The number of amides is 2. The smallest absolute Gasteiger partial charge is 0.231 e. The summed E-state index contributed by atoms with van der Waals surface area (Å²) in [5.41, 5.74) is 3.48. The van der Waals surface area contributed by atoms with E-state index in [2.05, 4.69) is 5.32 Å². The molecule has 5 nitrogen and oxygen atoms in total. The van der Waals surface area contributed by atoms with E-state index in [0.717, 1.165) is 22.6 Å². The summed E-state index contributed by atoms with van der Waals surface area (Å²) in [7, 11) is 3.37. The molecule has 0 fully saturated rings. The number of fused-ring (bicyclic) bond motifs is 1. The van der Waals surface area contributed by atoms with Gasteiger partial charge in [0, 0.05) is 18.4 Å². The molecule has 0 spiro atoms. The minimum Gasteiger partial charge on any atom is -0.497 e. The first-order valence-electron chi connectivity index (χ1n) is 7.39. The van der Waals surface area contributed by atoms with Crippen molar-refractivity contribution >= 4 is 23.2 Å². The first-order valence-corrected chi connectivity index (χ1v) is 7.39. The fraction of sp³-hybridized carbons (Fsp3) is 0.222. The Morgan fingerprint density at radius 1 is 1.22 bits per heavy atom. The van der Waals surface area contributed by atoms with E-state index >= 15 is 0 Å². The van der Waals surface area contributed by atoms with E-state index < -0.39 is 0 Å². The number of anilines is 2.